The average Bonchev–Trinajstić information content (AvgIpc) is 2.77. The van der Waals surface area contributed by atoms with Gasteiger partial charge in [-0.05, 0) is 71.9 Å². The number of esters is 1. The molecule has 0 aliphatic heterocycles. The fourth-order valence-corrected chi connectivity index (χ4v) is 4.30. The van der Waals surface area contributed by atoms with Gasteiger partial charge in [0.2, 0.25) is 17.7 Å². The van der Waals surface area contributed by atoms with Gasteiger partial charge in [-0.25, -0.2) is 4.79 Å². The third-order valence-electron chi connectivity index (χ3n) is 6.31. The van der Waals surface area contributed by atoms with Gasteiger partial charge < -0.3 is 30.7 Å². The quantitative estimate of drug-likeness (QED) is 0.340. The monoisotopic (exact) mass is 546 g/mol. The van der Waals surface area contributed by atoms with Gasteiger partial charge in [-0.1, -0.05) is 23.8 Å². The van der Waals surface area contributed by atoms with Crippen LogP contribution in [-0.2, 0) is 28.7 Å². The lowest BCUT2D eigenvalue weighted by Gasteiger charge is -2.44. The minimum absolute atomic E-state index is 0.0204. The summed E-state index contributed by atoms with van der Waals surface area (Å²) in [6, 6.07) is 2.91. The number of carbonyl (C=O) groups excluding carboxylic acids is 5. The number of alkyl carbamates (subject to hydrolysis) is 1. The van der Waals surface area contributed by atoms with Crippen LogP contribution in [0.4, 0.5) is 4.79 Å². The van der Waals surface area contributed by atoms with E-state index in [2.05, 4.69) is 10.6 Å². The van der Waals surface area contributed by atoms with Crippen LogP contribution in [0.25, 0.3) is 0 Å². The van der Waals surface area contributed by atoms with E-state index in [4.69, 9.17) is 15.2 Å². The van der Waals surface area contributed by atoms with Crippen molar-refractivity contribution in [3.63, 3.8) is 0 Å². The molecule has 2 atom stereocenters. The van der Waals surface area contributed by atoms with Crippen LogP contribution in [-0.4, -0.2) is 65.5 Å². The molecule has 39 heavy (non-hydrogen) atoms. The standard InChI is InChI=1S/C28H42N4O7/c1-7-38-23(34)13-14-30-25(35)24(20-15-17(2)11-12-18(20)3)32(19-9-8-10-19)26(36)21(16-22(29)33)31-27(37)39-28(4,5)6/h11-12,15,19,21,24H,7-10,13-14,16H2,1-6H3,(H2,29,33)(H,30,35)(H,31,37). The number of nitrogens with two attached hydrogens (primary N) is 1. The summed E-state index contributed by atoms with van der Waals surface area (Å²) in [4.78, 5) is 65.6. The van der Waals surface area contributed by atoms with Crippen molar-refractivity contribution in [3.8, 4) is 0 Å². The lowest BCUT2D eigenvalue weighted by molar-refractivity contribution is -0.148. The van der Waals surface area contributed by atoms with Gasteiger partial charge >= 0.3 is 12.1 Å². The number of amides is 4. The van der Waals surface area contributed by atoms with Gasteiger partial charge in [-0.2, -0.15) is 0 Å². The van der Waals surface area contributed by atoms with Crippen molar-refractivity contribution in [2.45, 2.75) is 97.4 Å². The van der Waals surface area contributed by atoms with Crippen LogP contribution in [0.1, 0.15) is 82.5 Å². The summed E-state index contributed by atoms with van der Waals surface area (Å²) in [6.07, 6.45) is 0.792. The highest BCUT2D eigenvalue weighted by Crippen LogP contribution is 2.35. The van der Waals surface area contributed by atoms with Crippen LogP contribution in [0.2, 0.25) is 0 Å². The lowest BCUT2D eigenvalue weighted by atomic mass is 9.86. The predicted molar refractivity (Wildman–Crippen MR) is 144 cm³/mol. The number of carbonyl (C=O) groups is 5. The van der Waals surface area contributed by atoms with Crippen molar-refractivity contribution in [1.29, 1.82) is 0 Å². The zero-order valence-electron chi connectivity index (χ0n) is 23.8. The van der Waals surface area contributed by atoms with Crippen LogP contribution in [0.15, 0.2) is 18.2 Å². The third-order valence-corrected chi connectivity index (χ3v) is 6.31. The first kappa shape index (κ1) is 31.6. The third kappa shape index (κ3) is 9.56. The molecule has 2 unspecified atom stereocenters. The molecule has 4 amide bonds. The maximum Gasteiger partial charge on any atom is 0.408 e. The molecule has 0 saturated heterocycles. The Bertz CT molecular complexity index is 1060. The molecule has 216 valence electrons. The number of ether oxygens (including phenoxy) is 2. The van der Waals surface area contributed by atoms with E-state index >= 15 is 0 Å². The van der Waals surface area contributed by atoms with E-state index in [1.807, 2.05) is 32.0 Å². The smallest absolute Gasteiger partial charge is 0.408 e. The number of hydrogen-bond acceptors (Lipinski definition) is 7. The lowest BCUT2D eigenvalue weighted by Crippen LogP contribution is -2.58. The molecule has 0 bridgehead atoms. The summed E-state index contributed by atoms with van der Waals surface area (Å²) in [5.74, 6) is -2.34. The first-order valence-corrected chi connectivity index (χ1v) is 13.3. The van der Waals surface area contributed by atoms with Crippen molar-refractivity contribution >= 4 is 29.8 Å². The molecule has 0 radical (unpaired) electrons. The summed E-state index contributed by atoms with van der Waals surface area (Å²) >= 11 is 0. The predicted octanol–water partition coefficient (Wildman–Crippen LogP) is 2.56. The van der Waals surface area contributed by atoms with Crippen LogP contribution in [0.5, 0.6) is 0 Å². The van der Waals surface area contributed by atoms with Crippen molar-refractivity contribution in [2.24, 2.45) is 5.73 Å². The second kappa shape index (κ2) is 14.0. The van der Waals surface area contributed by atoms with E-state index in [0.717, 1.165) is 17.5 Å². The van der Waals surface area contributed by atoms with Gasteiger partial charge in [-0.3, -0.25) is 19.2 Å². The zero-order chi connectivity index (χ0) is 29.3. The van der Waals surface area contributed by atoms with Gasteiger partial charge in [0, 0.05) is 12.6 Å². The molecule has 0 heterocycles. The first-order chi connectivity index (χ1) is 18.2. The van der Waals surface area contributed by atoms with Crippen LogP contribution in [0, 0.1) is 13.8 Å². The minimum atomic E-state index is -1.34. The molecule has 1 fully saturated rings. The molecule has 11 nitrogen and oxygen atoms in total. The molecular formula is C28H42N4O7. The molecule has 1 aliphatic rings. The molecule has 1 aromatic carbocycles. The van der Waals surface area contributed by atoms with Crippen molar-refractivity contribution in [1.82, 2.24) is 15.5 Å². The second-order valence-electron chi connectivity index (χ2n) is 10.8. The molecule has 11 heteroatoms. The van der Waals surface area contributed by atoms with Crippen LogP contribution < -0.4 is 16.4 Å². The van der Waals surface area contributed by atoms with E-state index in [9.17, 15) is 24.0 Å². The Morgan fingerprint density at radius 3 is 2.33 bits per heavy atom. The Hall–Kier alpha value is -3.63. The summed E-state index contributed by atoms with van der Waals surface area (Å²) in [6.45, 7) is 10.7. The van der Waals surface area contributed by atoms with E-state index < -0.39 is 53.9 Å². The molecule has 1 saturated carbocycles. The van der Waals surface area contributed by atoms with Crippen LogP contribution in [0.3, 0.4) is 0 Å². The highest BCUT2D eigenvalue weighted by molar-refractivity contribution is 5.95. The summed E-state index contributed by atoms with van der Waals surface area (Å²) in [7, 11) is 0. The van der Waals surface area contributed by atoms with E-state index in [1.165, 1.54) is 4.90 Å². The average molecular weight is 547 g/mol. The molecule has 4 N–H and O–H groups in total. The number of nitrogens with one attached hydrogen (secondary N) is 2. The SMILES string of the molecule is CCOC(=O)CCNC(=O)C(c1cc(C)ccc1C)N(C(=O)C(CC(N)=O)NC(=O)OC(C)(C)C)C1CCC1. The van der Waals surface area contributed by atoms with Gasteiger partial charge in [0.1, 0.15) is 17.7 Å². The van der Waals surface area contributed by atoms with Crippen LogP contribution >= 0.6 is 0 Å². The molecule has 0 spiro atoms. The topological polar surface area (TPSA) is 157 Å². The highest BCUT2D eigenvalue weighted by Gasteiger charge is 2.42. The number of rotatable bonds is 12. The number of hydrogen-bond donors (Lipinski definition) is 3. The largest absolute Gasteiger partial charge is 0.466 e. The second-order valence-corrected chi connectivity index (χ2v) is 10.8. The Kier molecular flexibility index (Phi) is 11.3. The van der Waals surface area contributed by atoms with E-state index in [0.29, 0.717) is 18.4 Å². The Morgan fingerprint density at radius 1 is 1.13 bits per heavy atom. The number of aryl methyl sites for hydroxylation is 2. The Balaban J connectivity index is 2.48. The number of nitrogens with zero attached hydrogens (tertiary/aromatic N) is 1. The normalized spacial score (nSPS) is 14.8. The summed E-state index contributed by atoms with van der Waals surface area (Å²) in [5.41, 5.74) is 6.89. The van der Waals surface area contributed by atoms with Gasteiger partial charge in [0.05, 0.1) is 19.4 Å². The summed E-state index contributed by atoms with van der Waals surface area (Å²) in [5, 5.41) is 5.26. The number of primary amides is 1. The van der Waals surface area contributed by atoms with E-state index in [1.54, 1.807) is 27.7 Å². The fourth-order valence-electron chi connectivity index (χ4n) is 4.30. The molecule has 0 aromatic heterocycles. The first-order valence-electron chi connectivity index (χ1n) is 13.3. The minimum Gasteiger partial charge on any atom is -0.466 e. The Labute approximate surface area is 230 Å². The molecule has 2 rings (SSSR count). The van der Waals surface area contributed by atoms with Gasteiger partial charge in [-0.15, -0.1) is 0 Å². The van der Waals surface area contributed by atoms with Crippen molar-refractivity contribution < 1.29 is 33.4 Å². The zero-order valence-corrected chi connectivity index (χ0v) is 23.8. The maximum absolute atomic E-state index is 14.1. The fraction of sp³-hybridized carbons (Fsp3) is 0.607. The van der Waals surface area contributed by atoms with Gasteiger partial charge in [0.25, 0.3) is 0 Å². The van der Waals surface area contributed by atoms with Crippen molar-refractivity contribution in [3.05, 3.63) is 34.9 Å². The van der Waals surface area contributed by atoms with E-state index in [-0.39, 0.29) is 25.6 Å². The molecule has 1 aliphatic carbocycles. The molecular weight excluding hydrogens is 504 g/mol. The highest BCUT2D eigenvalue weighted by atomic mass is 16.6. The van der Waals surface area contributed by atoms with Crippen molar-refractivity contribution in [2.75, 3.05) is 13.2 Å². The molecule has 1 aromatic rings. The number of benzene rings is 1. The Morgan fingerprint density at radius 2 is 1.79 bits per heavy atom. The maximum atomic E-state index is 14.1. The summed E-state index contributed by atoms with van der Waals surface area (Å²) < 4.78 is 10.3. The van der Waals surface area contributed by atoms with Gasteiger partial charge in [0.15, 0.2) is 0 Å².